The first-order valence-electron chi connectivity index (χ1n) is 12.4. The first-order valence-corrected chi connectivity index (χ1v) is 12.4. The molecule has 0 bridgehead atoms. The second kappa shape index (κ2) is 12.3. The summed E-state index contributed by atoms with van der Waals surface area (Å²) in [7, 11) is 0. The number of carbonyl (C=O) groups is 1. The molecule has 0 spiro atoms. The van der Waals surface area contributed by atoms with Crippen LogP contribution in [0, 0.1) is 0 Å². The van der Waals surface area contributed by atoms with E-state index in [0.29, 0.717) is 35.8 Å². The molecule has 7 N–H and O–H groups in total. The van der Waals surface area contributed by atoms with Crippen molar-refractivity contribution in [2.45, 2.75) is 19.8 Å². The summed E-state index contributed by atoms with van der Waals surface area (Å²) in [6, 6.07) is 11.1. The number of carboxylic acids is 1. The Bertz CT molecular complexity index is 1380. The molecule has 0 amide bonds. The van der Waals surface area contributed by atoms with Gasteiger partial charge in [-0.1, -0.05) is 6.07 Å². The number of rotatable bonds is 11. The Morgan fingerprint density at radius 3 is 2.68 bits per heavy atom. The van der Waals surface area contributed by atoms with Crippen LogP contribution in [0.15, 0.2) is 47.3 Å². The van der Waals surface area contributed by atoms with Gasteiger partial charge in [-0.3, -0.25) is 9.69 Å². The van der Waals surface area contributed by atoms with E-state index in [9.17, 15) is 9.59 Å². The highest BCUT2D eigenvalue weighted by atomic mass is 16.5. The first kappa shape index (κ1) is 26.7. The quantitative estimate of drug-likeness (QED) is 0.144. The number of benzene rings is 2. The molecule has 0 atom stereocenters. The number of hydrazine groups is 1. The third kappa shape index (κ3) is 6.50. The Kier molecular flexibility index (Phi) is 8.62. The van der Waals surface area contributed by atoms with E-state index in [-0.39, 0.29) is 17.3 Å². The average molecular weight is 521 g/mol. The lowest BCUT2D eigenvalue weighted by molar-refractivity contribution is -0.131. The van der Waals surface area contributed by atoms with E-state index in [1.807, 2.05) is 37.3 Å². The standard InChI is InChI=1S/C27H32N6O5/c1-2-37-22-16-18(6-7-21(22)25-30-26(32-29)24(28)27(36)31-25)19-13-17(5-8-23(34)35)14-20(15-19)38-12-11-33-9-3-4-10-33/h5-8,13-16H,2-4,9-12,28-29H2,1H3,(H,34,35)(H2,30,31,32,36)/b8-5+. The smallest absolute Gasteiger partial charge is 0.328 e. The molecule has 1 aliphatic heterocycles. The summed E-state index contributed by atoms with van der Waals surface area (Å²) >= 11 is 0. The van der Waals surface area contributed by atoms with E-state index in [2.05, 4.69) is 20.3 Å². The fraction of sp³-hybridized carbons (Fsp3) is 0.296. The van der Waals surface area contributed by atoms with Crippen molar-refractivity contribution in [1.82, 2.24) is 14.9 Å². The molecule has 0 saturated carbocycles. The number of likely N-dealkylation sites (tertiary alicyclic amines) is 1. The van der Waals surface area contributed by atoms with E-state index in [1.54, 1.807) is 6.07 Å². The molecule has 38 heavy (non-hydrogen) atoms. The van der Waals surface area contributed by atoms with E-state index in [4.69, 9.17) is 26.2 Å². The van der Waals surface area contributed by atoms with Crippen LogP contribution in [-0.4, -0.2) is 58.8 Å². The molecule has 200 valence electrons. The van der Waals surface area contributed by atoms with Gasteiger partial charge < -0.3 is 30.7 Å². The zero-order valence-corrected chi connectivity index (χ0v) is 21.2. The monoisotopic (exact) mass is 520 g/mol. The molecule has 1 fully saturated rings. The molecule has 11 heteroatoms. The van der Waals surface area contributed by atoms with Gasteiger partial charge in [-0.25, -0.2) is 15.6 Å². The van der Waals surface area contributed by atoms with Crippen molar-refractivity contribution in [3.05, 3.63) is 58.4 Å². The number of nitrogens with two attached hydrogens (primary N) is 2. The fourth-order valence-electron chi connectivity index (χ4n) is 4.33. The number of aliphatic carboxylic acids is 1. The molecular formula is C27H32N6O5. The summed E-state index contributed by atoms with van der Waals surface area (Å²) in [5.41, 5.74) is 10.3. The Morgan fingerprint density at radius 2 is 1.97 bits per heavy atom. The lowest BCUT2D eigenvalue weighted by Gasteiger charge is -2.16. The van der Waals surface area contributed by atoms with Crippen LogP contribution in [0.4, 0.5) is 11.5 Å². The predicted octanol–water partition coefficient (Wildman–Crippen LogP) is 2.94. The highest BCUT2D eigenvalue weighted by Crippen LogP contribution is 2.35. The third-order valence-electron chi connectivity index (χ3n) is 6.18. The van der Waals surface area contributed by atoms with Crippen molar-refractivity contribution in [3.8, 4) is 34.0 Å². The number of anilines is 2. The minimum absolute atomic E-state index is 0.0592. The van der Waals surface area contributed by atoms with E-state index in [0.717, 1.165) is 36.8 Å². The predicted molar refractivity (Wildman–Crippen MR) is 147 cm³/mol. The van der Waals surface area contributed by atoms with Gasteiger partial charge in [-0.2, -0.15) is 0 Å². The Hall–Kier alpha value is -4.35. The highest BCUT2D eigenvalue weighted by Gasteiger charge is 2.16. The molecule has 1 saturated heterocycles. The second-order valence-corrected chi connectivity index (χ2v) is 8.82. The molecule has 2 aromatic carbocycles. The number of H-pyrrole nitrogens is 1. The van der Waals surface area contributed by atoms with Crippen molar-refractivity contribution in [1.29, 1.82) is 0 Å². The number of aromatic nitrogens is 2. The van der Waals surface area contributed by atoms with Crippen LogP contribution in [0.5, 0.6) is 11.5 Å². The van der Waals surface area contributed by atoms with Crippen LogP contribution in [0.2, 0.25) is 0 Å². The Morgan fingerprint density at radius 1 is 1.18 bits per heavy atom. The molecule has 0 unspecified atom stereocenters. The molecule has 11 nitrogen and oxygen atoms in total. The number of aromatic amines is 1. The maximum Gasteiger partial charge on any atom is 0.328 e. The summed E-state index contributed by atoms with van der Waals surface area (Å²) in [5, 5.41) is 9.11. The third-order valence-corrected chi connectivity index (χ3v) is 6.18. The number of carboxylic acid groups (broad SMARTS) is 1. The maximum atomic E-state index is 12.3. The number of ether oxygens (including phenoxy) is 2. The lowest BCUT2D eigenvalue weighted by Crippen LogP contribution is -2.25. The summed E-state index contributed by atoms with van der Waals surface area (Å²) in [4.78, 5) is 32.7. The highest BCUT2D eigenvalue weighted by molar-refractivity contribution is 5.86. The molecule has 2 heterocycles. The van der Waals surface area contributed by atoms with Gasteiger partial charge in [-0.05, 0) is 86.0 Å². The van der Waals surface area contributed by atoms with Crippen molar-refractivity contribution in [3.63, 3.8) is 0 Å². The SMILES string of the molecule is CCOc1cc(-c2cc(/C=C/C(=O)O)cc(OCCN3CCCC3)c2)ccc1-c1nc(NN)c(N)c(=O)[nH]1. The normalized spacial score (nSPS) is 13.6. The van der Waals surface area contributed by atoms with Crippen LogP contribution in [0.1, 0.15) is 25.3 Å². The largest absolute Gasteiger partial charge is 0.493 e. The number of nitrogens with zero attached hydrogens (tertiary/aromatic N) is 2. The van der Waals surface area contributed by atoms with Gasteiger partial charge in [0.05, 0.1) is 12.2 Å². The first-order chi connectivity index (χ1) is 18.4. The topological polar surface area (TPSA) is 169 Å². The molecular weight excluding hydrogens is 488 g/mol. The Labute approximate surface area is 220 Å². The number of hydrogen-bond donors (Lipinski definition) is 5. The van der Waals surface area contributed by atoms with Crippen LogP contribution in [0.3, 0.4) is 0 Å². The van der Waals surface area contributed by atoms with Gasteiger partial charge >= 0.3 is 5.97 Å². The minimum atomic E-state index is -1.04. The van der Waals surface area contributed by atoms with Crippen LogP contribution >= 0.6 is 0 Å². The average Bonchev–Trinajstić information content (AvgIpc) is 3.43. The summed E-state index contributed by atoms with van der Waals surface area (Å²) in [6.07, 6.45) is 5.04. The van der Waals surface area contributed by atoms with Gasteiger partial charge in [0.2, 0.25) is 0 Å². The van der Waals surface area contributed by atoms with Crippen molar-refractivity contribution < 1.29 is 19.4 Å². The van der Waals surface area contributed by atoms with E-state index < -0.39 is 11.5 Å². The van der Waals surface area contributed by atoms with Gasteiger partial charge in [0, 0.05) is 12.6 Å². The number of nitrogens with one attached hydrogen (secondary N) is 2. The minimum Gasteiger partial charge on any atom is -0.493 e. The van der Waals surface area contributed by atoms with Gasteiger partial charge in [-0.15, -0.1) is 0 Å². The Balaban J connectivity index is 1.70. The summed E-state index contributed by atoms with van der Waals surface area (Å²) in [5.74, 6) is 5.87. The zero-order valence-electron chi connectivity index (χ0n) is 21.2. The van der Waals surface area contributed by atoms with Gasteiger partial charge in [0.25, 0.3) is 5.56 Å². The molecule has 0 radical (unpaired) electrons. The molecule has 3 aromatic rings. The molecule has 4 rings (SSSR count). The number of hydrogen-bond acceptors (Lipinski definition) is 9. The van der Waals surface area contributed by atoms with Crippen LogP contribution in [-0.2, 0) is 4.79 Å². The van der Waals surface area contributed by atoms with Crippen LogP contribution in [0.25, 0.3) is 28.6 Å². The lowest BCUT2D eigenvalue weighted by atomic mass is 10.00. The van der Waals surface area contributed by atoms with Crippen molar-refractivity contribution in [2.24, 2.45) is 5.84 Å². The summed E-state index contributed by atoms with van der Waals surface area (Å²) in [6.45, 7) is 5.76. The summed E-state index contributed by atoms with van der Waals surface area (Å²) < 4.78 is 11.9. The van der Waals surface area contributed by atoms with Crippen molar-refractivity contribution in [2.75, 3.05) is 44.0 Å². The van der Waals surface area contributed by atoms with E-state index >= 15 is 0 Å². The van der Waals surface area contributed by atoms with E-state index in [1.165, 1.54) is 18.9 Å². The molecule has 0 aliphatic carbocycles. The maximum absolute atomic E-state index is 12.3. The molecule has 1 aliphatic rings. The van der Waals surface area contributed by atoms with Gasteiger partial charge in [0.15, 0.2) is 5.82 Å². The molecule has 1 aromatic heterocycles. The van der Waals surface area contributed by atoms with Crippen molar-refractivity contribution >= 4 is 23.6 Å². The fourth-order valence-corrected chi connectivity index (χ4v) is 4.33. The second-order valence-electron chi connectivity index (χ2n) is 8.82. The van der Waals surface area contributed by atoms with Crippen LogP contribution < -0.4 is 32.0 Å². The zero-order chi connectivity index (χ0) is 27.1. The van der Waals surface area contributed by atoms with Gasteiger partial charge in [0.1, 0.15) is 29.6 Å². The number of nitrogen functional groups attached to an aromatic ring is 2.